The van der Waals surface area contributed by atoms with Gasteiger partial charge in [-0.25, -0.2) is 9.59 Å². The Hall–Kier alpha value is -7.28. The summed E-state index contributed by atoms with van der Waals surface area (Å²) in [5.74, 6) is -6.90. The number of ether oxygens (including phenoxy) is 6. The molecule has 0 aromatic heterocycles. The summed E-state index contributed by atoms with van der Waals surface area (Å²) in [5.41, 5.74) is -5.22. The number of rotatable bonds is 17. The van der Waals surface area contributed by atoms with E-state index in [9.17, 15) is 43.8 Å². The molecule has 0 radical (unpaired) electrons. The molecule has 18 nitrogen and oxygen atoms in total. The molecule has 5 fully saturated rings. The minimum Gasteiger partial charge on any atom is -0.455 e. The van der Waals surface area contributed by atoms with Crippen molar-refractivity contribution in [3.05, 3.63) is 143 Å². The maximum Gasteiger partial charge on any atom is 0.350 e. The van der Waals surface area contributed by atoms with Gasteiger partial charge in [0.25, 0.3) is 5.91 Å². The normalized spacial score (nSPS) is 33.4. The van der Waals surface area contributed by atoms with Crippen LogP contribution in [-0.4, -0.2) is 124 Å². The number of aliphatic hydroxyl groups excluding tert-OH is 1. The van der Waals surface area contributed by atoms with E-state index < -0.39 is 113 Å². The molecule has 2 heterocycles. The van der Waals surface area contributed by atoms with Gasteiger partial charge in [-0.05, 0) is 84.6 Å². The zero-order valence-electron chi connectivity index (χ0n) is 45.2. The maximum atomic E-state index is 15.5. The molecule has 4 bridgehead atoms. The second-order valence-electron chi connectivity index (χ2n) is 23.3. The number of esters is 5. The topological polar surface area (TPSA) is 248 Å². The highest BCUT2D eigenvalue weighted by Crippen LogP contribution is 2.72. The van der Waals surface area contributed by atoms with Gasteiger partial charge < -0.3 is 44.0 Å². The largest absolute Gasteiger partial charge is 0.455 e. The number of benzene rings is 3. The number of hydrogen-bond acceptors (Lipinski definition) is 16. The fourth-order valence-corrected chi connectivity index (χ4v) is 14.7. The third-order valence-corrected chi connectivity index (χ3v) is 18.6. The summed E-state index contributed by atoms with van der Waals surface area (Å²) in [6, 6.07) is 23.3. The highest BCUT2D eigenvalue weighted by Gasteiger charge is 2.81. The Morgan fingerprint density at radius 1 is 0.787 bits per heavy atom. The van der Waals surface area contributed by atoms with E-state index in [0.29, 0.717) is 29.6 Å². The molecule has 3 saturated carbocycles. The Balaban J connectivity index is 0.942. The Labute approximate surface area is 462 Å². The van der Waals surface area contributed by atoms with Crippen LogP contribution in [0, 0.1) is 40.4 Å². The van der Waals surface area contributed by atoms with E-state index in [-0.39, 0.29) is 84.6 Å². The fraction of sp³-hybridized carbons (Fsp3) is 0.484. The van der Waals surface area contributed by atoms with Gasteiger partial charge in [-0.3, -0.25) is 33.7 Å². The molecule has 15 atom stereocenters. The van der Waals surface area contributed by atoms with Crippen LogP contribution in [0.4, 0.5) is 0 Å². The molecule has 3 aromatic rings. The molecule has 1 spiro atoms. The number of amides is 3. The van der Waals surface area contributed by atoms with Gasteiger partial charge in [-0.1, -0.05) is 105 Å². The summed E-state index contributed by atoms with van der Waals surface area (Å²) in [7, 11) is 0. The van der Waals surface area contributed by atoms with Crippen LogP contribution in [0.15, 0.2) is 126 Å². The van der Waals surface area contributed by atoms with Crippen LogP contribution in [-0.2, 0) is 57.2 Å². The molecule has 3 aromatic carbocycles. The molecule has 3 amide bonds. The Morgan fingerprint density at radius 3 is 2.01 bits per heavy atom. The predicted octanol–water partition coefficient (Wildman–Crippen LogP) is 6.01. The number of carbonyl (C=O) groups is 8. The molecule has 2 saturated heterocycles. The van der Waals surface area contributed by atoms with Crippen LogP contribution in [0.25, 0.3) is 0 Å². The number of fused-ring (bicyclic) bond motifs is 9. The zero-order valence-corrected chi connectivity index (χ0v) is 45.2. The van der Waals surface area contributed by atoms with Gasteiger partial charge in [0.1, 0.15) is 36.1 Å². The summed E-state index contributed by atoms with van der Waals surface area (Å²) >= 11 is 0. The molecule has 18 heteroatoms. The Morgan fingerprint density at radius 2 is 1.41 bits per heavy atom. The van der Waals surface area contributed by atoms with Crippen molar-refractivity contribution >= 4 is 47.6 Å². The molecule has 6 aliphatic carbocycles. The van der Waals surface area contributed by atoms with Crippen LogP contribution >= 0.6 is 0 Å². The summed E-state index contributed by atoms with van der Waals surface area (Å²) < 4.78 is 37.8. The first-order valence-corrected chi connectivity index (χ1v) is 27.7. The second kappa shape index (κ2) is 20.7. The second-order valence-corrected chi connectivity index (χ2v) is 23.3. The van der Waals surface area contributed by atoms with Gasteiger partial charge in [-0.2, -0.15) is 0 Å². The van der Waals surface area contributed by atoms with Gasteiger partial charge in [0.15, 0.2) is 5.60 Å². The summed E-state index contributed by atoms with van der Waals surface area (Å²) in [5, 5.41) is 29.3. The van der Waals surface area contributed by atoms with Gasteiger partial charge in [0.05, 0.1) is 41.4 Å². The number of nitrogens with zero attached hydrogens (tertiary/aromatic N) is 1. The highest BCUT2D eigenvalue weighted by atomic mass is 16.6. The van der Waals surface area contributed by atoms with Crippen LogP contribution in [0.3, 0.4) is 0 Å². The van der Waals surface area contributed by atoms with Gasteiger partial charge in [-0.15, -0.1) is 0 Å². The lowest BCUT2D eigenvalue weighted by atomic mass is 9.48. The minimum absolute atomic E-state index is 0.0281. The zero-order chi connectivity index (χ0) is 56.6. The molecular weight excluding hydrogens is 1030 g/mol. The van der Waals surface area contributed by atoms with Crippen LogP contribution in [0.1, 0.15) is 112 Å². The molecule has 4 unspecified atom stereocenters. The minimum atomic E-state index is -2.33. The van der Waals surface area contributed by atoms with E-state index in [1.54, 1.807) is 106 Å². The van der Waals surface area contributed by atoms with Gasteiger partial charge in [0.2, 0.25) is 17.9 Å². The van der Waals surface area contributed by atoms with E-state index in [2.05, 4.69) is 5.32 Å². The number of unbranched alkanes of at least 4 members (excludes halogenated alkanes) is 2. The van der Waals surface area contributed by atoms with Crippen molar-refractivity contribution in [1.82, 2.24) is 10.2 Å². The van der Waals surface area contributed by atoms with Crippen molar-refractivity contribution in [1.29, 1.82) is 0 Å². The van der Waals surface area contributed by atoms with Gasteiger partial charge in [0, 0.05) is 50.6 Å². The van der Waals surface area contributed by atoms with Crippen molar-refractivity contribution in [2.24, 2.45) is 40.4 Å². The summed E-state index contributed by atoms with van der Waals surface area (Å²) in [4.78, 5) is 113. The van der Waals surface area contributed by atoms with E-state index in [1.807, 2.05) is 12.2 Å². The van der Waals surface area contributed by atoms with Crippen LogP contribution in [0.5, 0.6) is 0 Å². The fourth-order valence-electron chi connectivity index (χ4n) is 14.7. The van der Waals surface area contributed by atoms with Crippen molar-refractivity contribution in [2.45, 2.75) is 133 Å². The first-order valence-electron chi connectivity index (χ1n) is 27.7. The van der Waals surface area contributed by atoms with Crippen molar-refractivity contribution in [2.75, 3.05) is 13.2 Å². The quantitative estimate of drug-likeness (QED) is 0.0461. The molecule has 11 rings (SSSR count). The Bertz CT molecular complexity index is 3090. The van der Waals surface area contributed by atoms with E-state index >= 15 is 4.79 Å². The first kappa shape index (κ1) is 54.7. The SMILES string of the molecule is CC(=O)O[C@H]1C2=C[C@@]23[C@H]([C@H](OC(=O)c2ccccc2)[C@]2(O)C[C@H](OC(=O)[C@H](OC(=O)CCCCCN4C(=O)C5C6C=CC(C6)C5C4=O)[C@@H](NC(=O)c4ccccc4)c4ccccc4)C(C)=C1C2(C)C)[C@]1(OC(C)=O)CO[C@@H]1C[C@@H]3O. The number of carbonyl (C=O) groups excluding carboxylic acids is 8. The maximum absolute atomic E-state index is 15.5. The standard InChI is InChI=1S/C62H66N2O16/c1-33-42(31-62(74)53(79-57(72)38-22-14-8-15-23-38)52-60(43(67)29-44-61(52,32-75-44)80-35(3)66)30-41(60)50(76-34(2)65)48(33)59(62,4)5)77-58(73)51(49(36-18-10-6-11-19-36)63-54(69)37-20-12-7-13-21-37)78-45(68)24-16-9-17-27-64-55(70)46-39-25-26-40(28-39)47(46)56(64)71/h6-8,10-15,18-23,25-26,30,39-40,42-44,46-47,49-53,67,74H,9,16-17,24,27-29,31-32H2,1-5H3,(H,63,69)/t39?,40?,42-,43-,44+,46?,47?,49-,50-,51+,52-,53-,60+,61-,62+/m0/s1. The summed E-state index contributed by atoms with van der Waals surface area (Å²) in [6.45, 7) is 7.47. The lowest BCUT2D eigenvalue weighted by molar-refractivity contribution is -0.337. The smallest absolute Gasteiger partial charge is 0.350 e. The first-order chi connectivity index (χ1) is 38.2. The third-order valence-electron chi connectivity index (χ3n) is 18.6. The molecule has 3 N–H and O–H groups in total. The van der Waals surface area contributed by atoms with Crippen molar-refractivity contribution in [3.8, 4) is 0 Å². The average molecular weight is 1100 g/mol. The number of aliphatic hydroxyl groups is 2. The predicted molar refractivity (Wildman–Crippen MR) is 282 cm³/mol. The number of allylic oxidation sites excluding steroid dienone is 2. The molecule has 420 valence electrons. The molecular formula is C62H66N2O16. The summed E-state index contributed by atoms with van der Waals surface area (Å²) in [6.07, 6.45) is -1.49. The average Bonchev–Trinajstić information content (AvgIpc) is 3.83. The van der Waals surface area contributed by atoms with E-state index in [4.69, 9.17) is 28.4 Å². The van der Waals surface area contributed by atoms with Crippen molar-refractivity contribution < 1.29 is 77.0 Å². The van der Waals surface area contributed by atoms with Crippen LogP contribution in [0.2, 0.25) is 0 Å². The van der Waals surface area contributed by atoms with E-state index in [1.165, 1.54) is 30.9 Å². The monoisotopic (exact) mass is 1090 g/mol. The lowest BCUT2D eigenvalue weighted by Crippen LogP contribution is -2.79. The number of likely N-dealkylation sites (tertiary alicyclic amines) is 1. The van der Waals surface area contributed by atoms with Gasteiger partial charge >= 0.3 is 29.8 Å². The number of imide groups is 1. The van der Waals surface area contributed by atoms with Crippen molar-refractivity contribution in [3.63, 3.8) is 0 Å². The third kappa shape index (κ3) is 8.97. The number of nitrogens with one attached hydrogen (secondary N) is 1. The molecule has 2 aliphatic heterocycles. The molecule has 80 heavy (non-hydrogen) atoms. The highest BCUT2D eigenvalue weighted by molar-refractivity contribution is 6.06. The lowest BCUT2D eigenvalue weighted by Gasteiger charge is -2.65. The Kier molecular flexibility index (Phi) is 14.1. The van der Waals surface area contributed by atoms with Crippen LogP contribution < -0.4 is 5.32 Å². The van der Waals surface area contributed by atoms with E-state index in [0.717, 1.165) is 6.42 Å². The number of hydrogen-bond donors (Lipinski definition) is 3. The molecule has 8 aliphatic rings.